The van der Waals surface area contributed by atoms with Gasteiger partial charge in [-0.25, -0.2) is 4.79 Å². The molecule has 6 nitrogen and oxygen atoms in total. The number of aromatic amines is 1. The zero-order valence-corrected chi connectivity index (χ0v) is 17.5. The summed E-state index contributed by atoms with van der Waals surface area (Å²) in [6.45, 7) is 2.17. The van der Waals surface area contributed by atoms with Crippen molar-refractivity contribution in [2.45, 2.75) is 20.1 Å². The summed E-state index contributed by atoms with van der Waals surface area (Å²) in [6.07, 6.45) is 3.42. The fraction of sp³-hybridized carbons (Fsp3) is 0.125. The Hall–Kier alpha value is -3.64. The number of halogens is 1. The van der Waals surface area contributed by atoms with Gasteiger partial charge in [-0.3, -0.25) is 9.78 Å². The maximum Gasteiger partial charge on any atom is 0.338 e. The molecule has 0 saturated heterocycles. The topological polar surface area (TPSA) is 81.3 Å². The van der Waals surface area contributed by atoms with Crippen LogP contribution in [0.2, 0.25) is 5.02 Å². The highest BCUT2D eigenvalue weighted by atomic mass is 35.5. The number of rotatable bonds is 6. The van der Waals surface area contributed by atoms with Crippen molar-refractivity contribution in [3.8, 4) is 5.75 Å². The lowest BCUT2D eigenvalue weighted by atomic mass is 10.1. The first-order valence-corrected chi connectivity index (χ1v) is 9.98. The summed E-state index contributed by atoms with van der Waals surface area (Å²) >= 11 is 6.12. The molecule has 0 radical (unpaired) electrons. The molecule has 156 valence electrons. The van der Waals surface area contributed by atoms with Crippen molar-refractivity contribution in [2.75, 3.05) is 0 Å². The number of nitrogens with one attached hydrogen (secondary N) is 1. The fourth-order valence-corrected chi connectivity index (χ4v) is 3.43. The van der Waals surface area contributed by atoms with Crippen LogP contribution in [-0.2, 0) is 18.0 Å². The van der Waals surface area contributed by atoms with Crippen molar-refractivity contribution in [1.82, 2.24) is 9.97 Å². The Morgan fingerprint density at radius 3 is 2.77 bits per heavy atom. The Morgan fingerprint density at radius 1 is 1.10 bits per heavy atom. The van der Waals surface area contributed by atoms with Crippen molar-refractivity contribution in [3.63, 3.8) is 0 Å². The number of carbonyl (C=O) groups is 1. The molecule has 0 saturated carbocycles. The van der Waals surface area contributed by atoms with Gasteiger partial charge in [-0.2, -0.15) is 0 Å². The van der Waals surface area contributed by atoms with Crippen LogP contribution in [0.1, 0.15) is 27.0 Å². The van der Waals surface area contributed by atoms with Gasteiger partial charge in [-0.05, 0) is 48.9 Å². The third-order valence-corrected chi connectivity index (χ3v) is 5.02. The minimum Gasteiger partial charge on any atom is -0.488 e. The van der Waals surface area contributed by atoms with Crippen LogP contribution in [-0.4, -0.2) is 15.9 Å². The van der Waals surface area contributed by atoms with E-state index < -0.39 is 5.97 Å². The summed E-state index contributed by atoms with van der Waals surface area (Å²) in [6, 6.07) is 15.5. The predicted molar refractivity (Wildman–Crippen MR) is 118 cm³/mol. The van der Waals surface area contributed by atoms with Crippen LogP contribution in [0.4, 0.5) is 0 Å². The summed E-state index contributed by atoms with van der Waals surface area (Å²) in [4.78, 5) is 31.1. The average Bonchev–Trinajstić information content (AvgIpc) is 2.77. The number of hydrogen-bond donors (Lipinski definition) is 1. The number of aryl methyl sites for hydroxylation is 1. The van der Waals surface area contributed by atoms with Gasteiger partial charge in [0.1, 0.15) is 19.0 Å². The SMILES string of the molecule is Cc1cc(=O)[nH]c2cc(C(=O)OCc3cc(Cl)ccc3OCc3cccnc3)ccc12. The molecule has 0 fully saturated rings. The molecule has 0 aliphatic rings. The smallest absolute Gasteiger partial charge is 0.338 e. The highest BCUT2D eigenvalue weighted by molar-refractivity contribution is 6.30. The molecule has 0 aliphatic carbocycles. The highest BCUT2D eigenvalue weighted by Crippen LogP contribution is 2.25. The number of fused-ring (bicyclic) bond motifs is 1. The van der Waals surface area contributed by atoms with Gasteiger partial charge in [-0.15, -0.1) is 0 Å². The first-order valence-electron chi connectivity index (χ1n) is 9.60. The maximum atomic E-state index is 12.6. The monoisotopic (exact) mass is 434 g/mol. The minimum absolute atomic E-state index is 0.00978. The molecule has 31 heavy (non-hydrogen) atoms. The number of esters is 1. The molecular formula is C24H19ClN2O4. The first kappa shape index (κ1) is 20.6. The van der Waals surface area contributed by atoms with Crippen molar-refractivity contribution in [2.24, 2.45) is 0 Å². The molecular weight excluding hydrogens is 416 g/mol. The Kier molecular flexibility index (Phi) is 6.00. The molecule has 0 amide bonds. The van der Waals surface area contributed by atoms with Gasteiger partial charge in [0.15, 0.2) is 0 Å². The number of H-pyrrole nitrogens is 1. The maximum absolute atomic E-state index is 12.6. The lowest BCUT2D eigenvalue weighted by Crippen LogP contribution is -2.09. The lowest BCUT2D eigenvalue weighted by Gasteiger charge is -2.13. The van der Waals surface area contributed by atoms with Gasteiger partial charge < -0.3 is 14.5 Å². The molecule has 0 unspecified atom stereocenters. The number of carbonyl (C=O) groups excluding carboxylic acids is 1. The normalized spacial score (nSPS) is 10.8. The second-order valence-corrected chi connectivity index (χ2v) is 7.49. The van der Waals surface area contributed by atoms with E-state index in [2.05, 4.69) is 9.97 Å². The van der Waals surface area contributed by atoms with Crippen molar-refractivity contribution in [1.29, 1.82) is 0 Å². The van der Waals surface area contributed by atoms with E-state index in [9.17, 15) is 9.59 Å². The zero-order chi connectivity index (χ0) is 21.8. The molecule has 1 N–H and O–H groups in total. The number of nitrogens with zero attached hydrogens (tertiary/aromatic N) is 1. The van der Waals surface area contributed by atoms with Gasteiger partial charge in [0, 0.05) is 45.5 Å². The van der Waals surface area contributed by atoms with Gasteiger partial charge in [0.25, 0.3) is 0 Å². The van der Waals surface area contributed by atoms with Crippen molar-refractivity contribution < 1.29 is 14.3 Å². The zero-order valence-electron chi connectivity index (χ0n) is 16.7. The first-order chi connectivity index (χ1) is 15.0. The fourth-order valence-electron chi connectivity index (χ4n) is 3.23. The summed E-state index contributed by atoms with van der Waals surface area (Å²) in [5.74, 6) is 0.0574. The summed E-state index contributed by atoms with van der Waals surface area (Å²) in [5, 5.41) is 1.38. The standard InChI is InChI=1S/C24H19ClN2O4/c1-15-9-23(28)27-21-11-17(4-6-20(15)21)24(29)31-14-18-10-19(25)5-7-22(18)30-13-16-3-2-8-26-12-16/h2-12H,13-14H2,1H3,(H,27,28). The van der Waals surface area contributed by atoms with Crippen LogP contribution < -0.4 is 10.3 Å². The molecule has 4 aromatic rings. The van der Waals surface area contributed by atoms with Gasteiger partial charge in [-0.1, -0.05) is 23.7 Å². The predicted octanol–water partition coefficient (Wildman–Crippen LogP) is 4.82. The molecule has 0 aliphatic heterocycles. The largest absolute Gasteiger partial charge is 0.488 e. The van der Waals surface area contributed by atoms with Crippen LogP contribution in [0.25, 0.3) is 10.9 Å². The molecule has 0 bridgehead atoms. The minimum atomic E-state index is -0.512. The van der Waals surface area contributed by atoms with Crippen LogP contribution in [0.15, 0.2) is 71.8 Å². The van der Waals surface area contributed by atoms with E-state index in [-0.39, 0.29) is 12.2 Å². The Bertz CT molecular complexity index is 1300. The van der Waals surface area contributed by atoms with E-state index >= 15 is 0 Å². The third kappa shape index (κ3) is 4.92. The van der Waals surface area contributed by atoms with Crippen molar-refractivity contribution in [3.05, 3.63) is 105 Å². The number of benzene rings is 2. The number of ether oxygens (including phenoxy) is 2. The van der Waals surface area contributed by atoms with Crippen molar-refractivity contribution >= 4 is 28.5 Å². The molecule has 2 heterocycles. The van der Waals surface area contributed by atoms with E-state index in [1.807, 2.05) is 19.1 Å². The number of aromatic nitrogens is 2. The Balaban J connectivity index is 1.49. The quantitative estimate of drug-likeness (QED) is 0.440. The van der Waals surface area contributed by atoms with E-state index in [1.54, 1.807) is 48.8 Å². The molecule has 0 spiro atoms. The molecule has 0 atom stereocenters. The molecule has 2 aromatic carbocycles. The summed E-state index contributed by atoms with van der Waals surface area (Å²) in [7, 11) is 0. The van der Waals surface area contributed by atoms with E-state index in [1.165, 1.54) is 6.07 Å². The Labute approximate surface area is 183 Å². The van der Waals surface area contributed by atoms with Crippen LogP contribution in [0.3, 0.4) is 0 Å². The van der Waals surface area contributed by atoms with Crippen LogP contribution in [0, 0.1) is 6.92 Å². The average molecular weight is 435 g/mol. The summed E-state index contributed by atoms with van der Waals surface area (Å²) < 4.78 is 11.4. The molecule has 2 aromatic heterocycles. The second-order valence-electron chi connectivity index (χ2n) is 7.06. The number of hydrogen-bond acceptors (Lipinski definition) is 5. The molecule has 7 heteroatoms. The second kappa shape index (κ2) is 9.02. The van der Waals surface area contributed by atoms with Crippen LogP contribution in [0.5, 0.6) is 5.75 Å². The lowest BCUT2D eigenvalue weighted by molar-refractivity contribution is 0.0469. The van der Waals surface area contributed by atoms with Crippen LogP contribution >= 0.6 is 11.6 Å². The van der Waals surface area contributed by atoms with Gasteiger partial charge in [0.2, 0.25) is 5.56 Å². The van der Waals surface area contributed by atoms with E-state index in [0.29, 0.717) is 34.0 Å². The van der Waals surface area contributed by atoms with Gasteiger partial charge in [0.05, 0.1) is 5.56 Å². The van der Waals surface area contributed by atoms with E-state index in [0.717, 1.165) is 16.5 Å². The highest BCUT2D eigenvalue weighted by Gasteiger charge is 2.13. The van der Waals surface area contributed by atoms with E-state index in [4.69, 9.17) is 21.1 Å². The van der Waals surface area contributed by atoms with Gasteiger partial charge >= 0.3 is 5.97 Å². The number of pyridine rings is 2. The summed E-state index contributed by atoms with van der Waals surface area (Å²) in [5.41, 5.74) is 3.12. The Morgan fingerprint density at radius 2 is 1.97 bits per heavy atom. The third-order valence-electron chi connectivity index (χ3n) is 4.78. The molecule has 4 rings (SSSR count).